The third kappa shape index (κ3) is 6.39. The fourth-order valence-electron chi connectivity index (χ4n) is 2.21. The molecule has 0 bridgehead atoms. The maximum atomic E-state index is 12.4. The summed E-state index contributed by atoms with van der Waals surface area (Å²) in [5, 5.41) is 2.82. The predicted octanol–water partition coefficient (Wildman–Crippen LogP) is 3.37. The van der Waals surface area contributed by atoms with Gasteiger partial charge >= 0.3 is 0 Å². The largest absolute Gasteiger partial charge is 0.381 e. The van der Waals surface area contributed by atoms with Crippen LogP contribution in [0.3, 0.4) is 0 Å². The first-order valence-electron chi connectivity index (χ1n) is 8.72. The van der Waals surface area contributed by atoms with Gasteiger partial charge in [-0.2, -0.15) is 0 Å². The van der Waals surface area contributed by atoms with Crippen molar-refractivity contribution in [3.8, 4) is 0 Å². The third-order valence-corrected chi connectivity index (χ3v) is 6.15. The Kier molecular flexibility index (Phi) is 8.16. The Morgan fingerprint density at radius 3 is 2.54 bits per heavy atom. The Balaban J connectivity index is 1.97. The molecule has 1 aromatic rings. The van der Waals surface area contributed by atoms with E-state index in [0.717, 1.165) is 25.7 Å². The van der Waals surface area contributed by atoms with E-state index in [4.69, 9.17) is 27.9 Å². The van der Waals surface area contributed by atoms with E-state index in [9.17, 15) is 13.2 Å². The molecule has 2 N–H and O–H groups in total. The molecule has 146 valence electrons. The zero-order chi connectivity index (χ0) is 19.2. The van der Waals surface area contributed by atoms with Crippen LogP contribution < -0.4 is 10.0 Å². The summed E-state index contributed by atoms with van der Waals surface area (Å²) in [6, 6.07) is 2.45. The SMILES string of the molecule is CCCCOCCCNC(=O)c1cc(S(=O)(=O)NC2CC2)c(Cl)cc1Cl. The molecule has 0 aromatic heterocycles. The minimum absolute atomic E-state index is 0.0102. The van der Waals surface area contributed by atoms with Gasteiger partial charge in [0.25, 0.3) is 5.91 Å². The lowest BCUT2D eigenvalue weighted by Crippen LogP contribution is -2.28. The summed E-state index contributed by atoms with van der Waals surface area (Å²) in [6.45, 7) is 3.77. The second-order valence-electron chi connectivity index (χ2n) is 6.23. The number of halogens is 2. The average molecular weight is 423 g/mol. The number of carbonyl (C=O) groups excluding carboxylic acids is 1. The Hall–Kier alpha value is -0.860. The van der Waals surface area contributed by atoms with Crippen molar-refractivity contribution in [3.63, 3.8) is 0 Å². The molecular weight excluding hydrogens is 399 g/mol. The molecule has 1 amide bonds. The Morgan fingerprint density at radius 2 is 1.88 bits per heavy atom. The Morgan fingerprint density at radius 1 is 1.19 bits per heavy atom. The highest BCUT2D eigenvalue weighted by Crippen LogP contribution is 2.30. The van der Waals surface area contributed by atoms with Crippen molar-refractivity contribution in [1.29, 1.82) is 0 Å². The van der Waals surface area contributed by atoms with E-state index in [2.05, 4.69) is 17.0 Å². The smallest absolute Gasteiger partial charge is 0.252 e. The number of unbranched alkanes of at least 4 members (excludes halogenated alkanes) is 1. The van der Waals surface area contributed by atoms with Crippen molar-refractivity contribution in [1.82, 2.24) is 10.0 Å². The van der Waals surface area contributed by atoms with Gasteiger partial charge in [0.05, 0.1) is 15.6 Å². The molecule has 0 atom stereocenters. The lowest BCUT2D eigenvalue weighted by atomic mass is 10.2. The number of hydrogen-bond acceptors (Lipinski definition) is 4. The number of benzene rings is 1. The first-order valence-corrected chi connectivity index (χ1v) is 11.0. The summed E-state index contributed by atoms with van der Waals surface area (Å²) in [4.78, 5) is 12.2. The standard InChI is InChI=1S/C17H24Cl2N2O4S/c1-2-3-8-25-9-4-7-20-17(22)13-10-16(15(19)11-14(13)18)26(23,24)21-12-5-6-12/h10-12,21H,2-9H2,1H3,(H,20,22). The van der Waals surface area contributed by atoms with Crippen LogP contribution in [0.2, 0.25) is 10.0 Å². The second-order valence-corrected chi connectivity index (χ2v) is 8.73. The topological polar surface area (TPSA) is 84.5 Å². The van der Waals surface area contributed by atoms with Crippen LogP contribution in [0.15, 0.2) is 17.0 Å². The van der Waals surface area contributed by atoms with Crippen LogP contribution in [0.5, 0.6) is 0 Å². The maximum Gasteiger partial charge on any atom is 0.252 e. The van der Waals surface area contributed by atoms with Crippen molar-refractivity contribution in [2.75, 3.05) is 19.8 Å². The molecule has 0 aliphatic heterocycles. The van der Waals surface area contributed by atoms with Gasteiger partial charge in [0, 0.05) is 25.8 Å². The van der Waals surface area contributed by atoms with Crippen molar-refractivity contribution < 1.29 is 17.9 Å². The molecule has 1 saturated carbocycles. The van der Waals surface area contributed by atoms with Crippen LogP contribution >= 0.6 is 23.2 Å². The van der Waals surface area contributed by atoms with Gasteiger partial charge in [-0.25, -0.2) is 13.1 Å². The summed E-state index contributed by atoms with van der Waals surface area (Å²) in [6.07, 6.45) is 4.36. The van der Waals surface area contributed by atoms with Crippen LogP contribution in [-0.2, 0) is 14.8 Å². The summed E-state index contributed by atoms with van der Waals surface area (Å²) in [7, 11) is -3.78. The van der Waals surface area contributed by atoms with E-state index in [1.807, 2.05) is 0 Å². The third-order valence-electron chi connectivity index (χ3n) is 3.85. The molecule has 0 saturated heterocycles. The lowest BCUT2D eigenvalue weighted by molar-refractivity contribution is 0.0940. The van der Waals surface area contributed by atoms with Crippen LogP contribution in [-0.4, -0.2) is 40.1 Å². The summed E-state index contributed by atoms with van der Waals surface area (Å²) < 4.78 is 32.7. The molecule has 1 aliphatic carbocycles. The molecule has 0 heterocycles. The van der Waals surface area contributed by atoms with Crippen LogP contribution in [0.4, 0.5) is 0 Å². The first kappa shape index (κ1) is 21.4. The van der Waals surface area contributed by atoms with Crippen LogP contribution in [0.25, 0.3) is 0 Å². The zero-order valence-corrected chi connectivity index (χ0v) is 17.0. The number of hydrogen-bond donors (Lipinski definition) is 2. The molecule has 0 spiro atoms. The molecule has 2 rings (SSSR count). The van der Waals surface area contributed by atoms with E-state index in [0.29, 0.717) is 26.2 Å². The van der Waals surface area contributed by atoms with Gasteiger partial charge in [-0.3, -0.25) is 4.79 Å². The molecule has 1 aromatic carbocycles. The average Bonchev–Trinajstić information content (AvgIpc) is 3.36. The molecule has 1 fully saturated rings. The summed E-state index contributed by atoms with van der Waals surface area (Å²) in [5.41, 5.74) is 0.0825. The molecule has 1 aliphatic rings. The van der Waals surface area contributed by atoms with E-state index in [1.54, 1.807) is 0 Å². The van der Waals surface area contributed by atoms with Crippen molar-refractivity contribution in [2.24, 2.45) is 0 Å². The normalized spacial score (nSPS) is 14.4. The van der Waals surface area contributed by atoms with Gasteiger partial charge < -0.3 is 10.1 Å². The molecule has 0 radical (unpaired) electrons. The molecular formula is C17H24Cl2N2O4S. The fourth-order valence-corrected chi connectivity index (χ4v) is 4.38. The molecule has 0 unspecified atom stereocenters. The minimum Gasteiger partial charge on any atom is -0.381 e. The fraction of sp³-hybridized carbons (Fsp3) is 0.588. The number of carbonyl (C=O) groups is 1. The number of amides is 1. The van der Waals surface area contributed by atoms with Crippen molar-refractivity contribution >= 4 is 39.1 Å². The summed E-state index contributed by atoms with van der Waals surface area (Å²) >= 11 is 12.1. The van der Waals surface area contributed by atoms with Gasteiger partial charge in [0.1, 0.15) is 4.90 Å². The van der Waals surface area contributed by atoms with E-state index in [-0.39, 0.29) is 26.5 Å². The minimum atomic E-state index is -3.78. The maximum absolute atomic E-state index is 12.4. The molecule has 9 heteroatoms. The first-order chi connectivity index (χ1) is 12.3. The Bertz CT molecular complexity index is 737. The lowest BCUT2D eigenvalue weighted by Gasteiger charge is -2.12. The second kappa shape index (κ2) is 9.90. The van der Waals surface area contributed by atoms with Gasteiger partial charge in [-0.15, -0.1) is 0 Å². The van der Waals surface area contributed by atoms with E-state index in [1.165, 1.54) is 12.1 Å². The monoisotopic (exact) mass is 422 g/mol. The number of nitrogens with one attached hydrogen (secondary N) is 2. The van der Waals surface area contributed by atoms with Crippen molar-refractivity contribution in [2.45, 2.75) is 50.0 Å². The highest BCUT2D eigenvalue weighted by molar-refractivity contribution is 7.89. The Labute approximate surface area is 164 Å². The highest BCUT2D eigenvalue weighted by atomic mass is 35.5. The molecule has 26 heavy (non-hydrogen) atoms. The van der Waals surface area contributed by atoms with Gasteiger partial charge in [0.15, 0.2) is 0 Å². The molecule has 6 nitrogen and oxygen atoms in total. The quantitative estimate of drug-likeness (QED) is 0.535. The number of ether oxygens (including phenoxy) is 1. The predicted molar refractivity (Wildman–Crippen MR) is 102 cm³/mol. The van der Waals surface area contributed by atoms with Crippen LogP contribution in [0, 0.1) is 0 Å². The highest BCUT2D eigenvalue weighted by Gasteiger charge is 2.30. The van der Waals surface area contributed by atoms with Crippen LogP contribution in [0.1, 0.15) is 49.4 Å². The zero-order valence-electron chi connectivity index (χ0n) is 14.7. The number of sulfonamides is 1. The number of rotatable bonds is 11. The van der Waals surface area contributed by atoms with Gasteiger partial charge in [0.2, 0.25) is 10.0 Å². The van der Waals surface area contributed by atoms with E-state index < -0.39 is 15.9 Å². The van der Waals surface area contributed by atoms with Gasteiger partial charge in [-0.05, 0) is 37.8 Å². The van der Waals surface area contributed by atoms with Crippen molar-refractivity contribution in [3.05, 3.63) is 27.7 Å². The van der Waals surface area contributed by atoms with E-state index >= 15 is 0 Å². The van der Waals surface area contributed by atoms with Gasteiger partial charge in [-0.1, -0.05) is 36.5 Å². The summed E-state index contributed by atoms with van der Waals surface area (Å²) in [5.74, 6) is -0.442.